The molecule has 3 rings (SSSR count). The van der Waals surface area contributed by atoms with Crippen LogP contribution in [0.2, 0.25) is 0 Å². The summed E-state index contributed by atoms with van der Waals surface area (Å²) in [4.78, 5) is 0. The Balaban J connectivity index is 2.09. The molecule has 1 atom stereocenters. The molecule has 4 heteroatoms. The highest BCUT2D eigenvalue weighted by atomic mass is 16.8. The standard InChI is InChI=1S/C21H26O4/c1-4-5-6-10-13-18-19(25-16(2)3)21(23-14-15-24-21)20(18,22)17-11-8-7-9-12-17/h7-9,11-12,16,22H,4-6,14-15H2,1-3H3. The molecule has 1 aliphatic heterocycles. The highest BCUT2D eigenvalue weighted by Crippen LogP contribution is 2.58. The molecule has 1 N–H and O–H groups in total. The highest BCUT2D eigenvalue weighted by Gasteiger charge is 2.71. The highest BCUT2D eigenvalue weighted by molar-refractivity contribution is 5.58. The quantitative estimate of drug-likeness (QED) is 0.657. The molecule has 1 unspecified atom stereocenters. The van der Waals surface area contributed by atoms with E-state index in [9.17, 15) is 5.11 Å². The Labute approximate surface area is 149 Å². The van der Waals surface area contributed by atoms with Gasteiger partial charge in [0.15, 0.2) is 11.4 Å². The van der Waals surface area contributed by atoms with Crippen LogP contribution in [0, 0.1) is 11.8 Å². The first-order valence-corrected chi connectivity index (χ1v) is 9.03. The van der Waals surface area contributed by atoms with Gasteiger partial charge in [-0.3, -0.25) is 0 Å². The first-order chi connectivity index (χ1) is 12.1. The summed E-state index contributed by atoms with van der Waals surface area (Å²) in [6.45, 7) is 6.84. The summed E-state index contributed by atoms with van der Waals surface area (Å²) < 4.78 is 17.8. The lowest BCUT2D eigenvalue weighted by Gasteiger charge is -2.52. The van der Waals surface area contributed by atoms with Crippen LogP contribution in [-0.4, -0.2) is 30.2 Å². The topological polar surface area (TPSA) is 47.9 Å². The normalized spacial score (nSPS) is 24.2. The van der Waals surface area contributed by atoms with Crippen LogP contribution >= 0.6 is 0 Å². The Morgan fingerprint density at radius 1 is 1.20 bits per heavy atom. The van der Waals surface area contributed by atoms with E-state index in [0.717, 1.165) is 19.3 Å². The smallest absolute Gasteiger partial charge is 0.268 e. The van der Waals surface area contributed by atoms with Crippen molar-refractivity contribution in [2.45, 2.75) is 57.5 Å². The van der Waals surface area contributed by atoms with Gasteiger partial charge in [0.2, 0.25) is 0 Å². The van der Waals surface area contributed by atoms with Gasteiger partial charge in [0.25, 0.3) is 5.79 Å². The Morgan fingerprint density at radius 3 is 2.48 bits per heavy atom. The fraction of sp³-hybridized carbons (Fsp3) is 0.524. The predicted octanol–water partition coefficient (Wildman–Crippen LogP) is 3.50. The van der Waals surface area contributed by atoms with Crippen molar-refractivity contribution in [1.29, 1.82) is 0 Å². The average Bonchev–Trinajstić information content (AvgIpc) is 3.13. The molecular weight excluding hydrogens is 316 g/mol. The number of hydrogen-bond acceptors (Lipinski definition) is 4. The van der Waals surface area contributed by atoms with E-state index in [4.69, 9.17) is 14.2 Å². The SMILES string of the molecule is CCCCC#CC1=C(OC(C)C)C2(OCCO2)C1(O)c1ccccc1. The van der Waals surface area contributed by atoms with Crippen molar-refractivity contribution in [2.24, 2.45) is 0 Å². The minimum atomic E-state index is -1.45. The van der Waals surface area contributed by atoms with Crippen molar-refractivity contribution >= 4 is 0 Å². The van der Waals surface area contributed by atoms with Gasteiger partial charge in [0.1, 0.15) is 0 Å². The van der Waals surface area contributed by atoms with Crippen LogP contribution in [0.15, 0.2) is 41.7 Å². The third-order valence-electron chi connectivity index (χ3n) is 4.47. The molecule has 1 heterocycles. The molecule has 0 radical (unpaired) electrons. The van der Waals surface area contributed by atoms with Gasteiger partial charge in [-0.15, -0.1) is 0 Å². The minimum Gasteiger partial charge on any atom is -0.488 e. The number of rotatable bonds is 5. The molecule has 1 aliphatic carbocycles. The average molecular weight is 342 g/mol. The van der Waals surface area contributed by atoms with Crippen LogP contribution in [0.25, 0.3) is 0 Å². The van der Waals surface area contributed by atoms with Gasteiger partial charge in [-0.05, 0) is 25.8 Å². The summed E-state index contributed by atoms with van der Waals surface area (Å²) in [6.07, 6.45) is 2.84. The van der Waals surface area contributed by atoms with Crippen LogP contribution in [0.3, 0.4) is 0 Å². The third kappa shape index (κ3) is 2.87. The maximum Gasteiger partial charge on any atom is 0.268 e. The van der Waals surface area contributed by atoms with E-state index in [1.54, 1.807) is 0 Å². The molecule has 1 aromatic rings. The molecule has 1 aromatic carbocycles. The zero-order valence-corrected chi connectivity index (χ0v) is 15.2. The van der Waals surface area contributed by atoms with Crippen molar-refractivity contribution in [3.8, 4) is 11.8 Å². The van der Waals surface area contributed by atoms with E-state index >= 15 is 0 Å². The Hall–Kier alpha value is -1.80. The Kier molecular flexibility index (Phi) is 5.19. The number of aliphatic hydroxyl groups is 1. The molecule has 0 amide bonds. The molecule has 1 fully saturated rings. The largest absolute Gasteiger partial charge is 0.488 e. The second-order valence-electron chi connectivity index (χ2n) is 6.67. The molecule has 134 valence electrons. The molecule has 25 heavy (non-hydrogen) atoms. The van der Waals surface area contributed by atoms with Crippen LogP contribution in [-0.2, 0) is 19.8 Å². The van der Waals surface area contributed by atoms with E-state index in [1.807, 2.05) is 44.2 Å². The third-order valence-corrected chi connectivity index (χ3v) is 4.47. The molecular formula is C21H26O4. The second kappa shape index (κ2) is 7.21. The zero-order valence-electron chi connectivity index (χ0n) is 15.2. The molecule has 1 saturated heterocycles. The Morgan fingerprint density at radius 2 is 1.88 bits per heavy atom. The molecule has 0 aromatic heterocycles. The van der Waals surface area contributed by atoms with Gasteiger partial charge in [-0.25, -0.2) is 0 Å². The zero-order chi connectivity index (χ0) is 17.9. The number of unbranched alkanes of at least 4 members (excludes halogenated alkanes) is 2. The fourth-order valence-corrected chi connectivity index (χ4v) is 3.30. The second-order valence-corrected chi connectivity index (χ2v) is 6.67. The first kappa shape index (κ1) is 18.0. The van der Waals surface area contributed by atoms with Gasteiger partial charge in [-0.2, -0.15) is 0 Å². The molecule has 0 bridgehead atoms. The molecule has 4 nitrogen and oxygen atoms in total. The minimum absolute atomic E-state index is 0.0626. The van der Waals surface area contributed by atoms with E-state index in [0.29, 0.717) is 30.1 Å². The lowest BCUT2D eigenvalue weighted by atomic mass is 9.67. The van der Waals surface area contributed by atoms with Crippen LogP contribution in [0.1, 0.15) is 45.6 Å². The lowest BCUT2D eigenvalue weighted by Crippen LogP contribution is -2.64. The van der Waals surface area contributed by atoms with E-state index in [1.165, 1.54) is 0 Å². The van der Waals surface area contributed by atoms with Gasteiger partial charge in [-0.1, -0.05) is 55.5 Å². The fourth-order valence-electron chi connectivity index (χ4n) is 3.30. The summed E-state index contributed by atoms with van der Waals surface area (Å²) in [5.74, 6) is 5.52. The maximum absolute atomic E-state index is 11.6. The van der Waals surface area contributed by atoms with Crippen LogP contribution < -0.4 is 0 Å². The van der Waals surface area contributed by atoms with Crippen molar-refractivity contribution in [2.75, 3.05) is 13.2 Å². The van der Waals surface area contributed by atoms with Crippen molar-refractivity contribution in [3.05, 3.63) is 47.2 Å². The number of ether oxygens (including phenoxy) is 3. The predicted molar refractivity (Wildman–Crippen MR) is 95.5 cm³/mol. The van der Waals surface area contributed by atoms with Crippen LogP contribution in [0.4, 0.5) is 0 Å². The van der Waals surface area contributed by atoms with E-state index in [2.05, 4.69) is 18.8 Å². The maximum atomic E-state index is 11.6. The van der Waals surface area contributed by atoms with E-state index in [-0.39, 0.29) is 6.10 Å². The number of benzene rings is 1. The van der Waals surface area contributed by atoms with E-state index < -0.39 is 11.4 Å². The molecule has 0 saturated carbocycles. The Bertz CT molecular complexity index is 690. The molecule has 2 aliphatic rings. The van der Waals surface area contributed by atoms with Crippen molar-refractivity contribution in [3.63, 3.8) is 0 Å². The first-order valence-electron chi connectivity index (χ1n) is 9.03. The van der Waals surface area contributed by atoms with Crippen molar-refractivity contribution in [1.82, 2.24) is 0 Å². The number of hydrogen-bond donors (Lipinski definition) is 1. The summed E-state index contributed by atoms with van der Waals surface area (Å²) >= 11 is 0. The summed E-state index contributed by atoms with van der Waals surface area (Å²) in [5, 5.41) is 11.6. The van der Waals surface area contributed by atoms with Gasteiger partial charge in [0.05, 0.1) is 24.9 Å². The van der Waals surface area contributed by atoms with Gasteiger partial charge < -0.3 is 19.3 Å². The summed E-state index contributed by atoms with van der Waals surface area (Å²) in [6, 6.07) is 9.43. The van der Waals surface area contributed by atoms with Gasteiger partial charge >= 0.3 is 0 Å². The van der Waals surface area contributed by atoms with Crippen molar-refractivity contribution < 1.29 is 19.3 Å². The van der Waals surface area contributed by atoms with Crippen LogP contribution in [0.5, 0.6) is 0 Å². The summed E-state index contributed by atoms with van der Waals surface area (Å²) in [5.41, 5.74) is -0.202. The lowest BCUT2D eigenvalue weighted by molar-refractivity contribution is -0.284. The summed E-state index contributed by atoms with van der Waals surface area (Å²) in [7, 11) is 0. The van der Waals surface area contributed by atoms with Gasteiger partial charge in [0, 0.05) is 6.42 Å². The molecule has 1 spiro atoms. The monoisotopic (exact) mass is 342 g/mol.